The molecule has 122 valence electrons. The van der Waals surface area contributed by atoms with Crippen molar-refractivity contribution in [2.75, 3.05) is 20.7 Å². The Kier molecular flexibility index (Phi) is 6.78. The molecule has 0 saturated heterocycles. The summed E-state index contributed by atoms with van der Waals surface area (Å²) < 4.78 is 18.5. The first-order valence-electron chi connectivity index (χ1n) is 7.00. The number of amides is 3. The van der Waals surface area contributed by atoms with Crippen LogP contribution in [-0.4, -0.2) is 43.6 Å². The van der Waals surface area contributed by atoms with Gasteiger partial charge < -0.3 is 10.1 Å². The molecule has 0 heterocycles. The van der Waals surface area contributed by atoms with Gasteiger partial charge in [0.25, 0.3) is 0 Å². The van der Waals surface area contributed by atoms with Gasteiger partial charge in [0, 0.05) is 13.1 Å². The highest BCUT2D eigenvalue weighted by molar-refractivity contribution is 5.96. The van der Waals surface area contributed by atoms with Crippen molar-refractivity contribution in [1.82, 2.24) is 15.5 Å². The lowest BCUT2D eigenvalue weighted by molar-refractivity contribution is -0.124. The molecule has 6 nitrogen and oxygen atoms in total. The lowest BCUT2D eigenvalue weighted by Gasteiger charge is -2.23. The molecule has 2 N–H and O–H groups in total. The number of ether oxygens (including phenoxy) is 1. The second kappa shape index (κ2) is 8.33. The quantitative estimate of drug-likeness (QED) is 0.835. The molecule has 0 aromatic heterocycles. The SMILES string of the molecule is CCNC(=O)NC(=O)C(C)N(C)Cc1ccc(OC)c(F)c1. The molecular weight excluding hydrogens is 289 g/mol. The van der Waals surface area contributed by atoms with Crippen LogP contribution < -0.4 is 15.4 Å². The van der Waals surface area contributed by atoms with E-state index in [-0.39, 0.29) is 5.75 Å². The van der Waals surface area contributed by atoms with Gasteiger partial charge in [0.05, 0.1) is 13.2 Å². The predicted molar refractivity (Wildman–Crippen MR) is 81.1 cm³/mol. The molecule has 0 radical (unpaired) electrons. The van der Waals surface area contributed by atoms with Crippen LogP contribution >= 0.6 is 0 Å². The molecule has 3 amide bonds. The number of likely N-dealkylation sites (N-methyl/N-ethyl adjacent to an activating group) is 1. The summed E-state index contributed by atoms with van der Waals surface area (Å²) in [6.07, 6.45) is 0. The maximum absolute atomic E-state index is 13.6. The number of nitrogens with zero attached hydrogens (tertiary/aromatic N) is 1. The van der Waals surface area contributed by atoms with Gasteiger partial charge in [-0.3, -0.25) is 15.0 Å². The van der Waals surface area contributed by atoms with E-state index in [9.17, 15) is 14.0 Å². The number of nitrogens with one attached hydrogen (secondary N) is 2. The Hall–Kier alpha value is -2.15. The first-order chi connectivity index (χ1) is 10.4. The van der Waals surface area contributed by atoms with Crippen LogP contribution in [0.3, 0.4) is 0 Å². The minimum atomic E-state index is -0.534. The normalized spacial score (nSPS) is 11.9. The highest BCUT2D eigenvalue weighted by atomic mass is 19.1. The van der Waals surface area contributed by atoms with Crippen LogP contribution in [-0.2, 0) is 11.3 Å². The van der Waals surface area contributed by atoms with Gasteiger partial charge >= 0.3 is 6.03 Å². The van der Waals surface area contributed by atoms with Crippen LogP contribution in [0.2, 0.25) is 0 Å². The summed E-state index contributed by atoms with van der Waals surface area (Å²) in [7, 11) is 3.13. The summed E-state index contributed by atoms with van der Waals surface area (Å²) in [5.74, 6) is -0.691. The van der Waals surface area contributed by atoms with E-state index in [2.05, 4.69) is 10.6 Å². The van der Waals surface area contributed by atoms with Crippen LogP contribution in [0.25, 0.3) is 0 Å². The van der Waals surface area contributed by atoms with Crippen molar-refractivity contribution in [3.8, 4) is 5.75 Å². The van der Waals surface area contributed by atoms with E-state index in [1.165, 1.54) is 19.2 Å². The number of rotatable bonds is 6. The highest BCUT2D eigenvalue weighted by Crippen LogP contribution is 2.18. The molecule has 1 aromatic rings. The van der Waals surface area contributed by atoms with Gasteiger partial charge in [-0.2, -0.15) is 0 Å². The summed E-state index contributed by atoms with van der Waals surface area (Å²) in [6.45, 7) is 4.24. The molecule has 0 aliphatic carbocycles. The van der Waals surface area contributed by atoms with Crippen LogP contribution in [0.5, 0.6) is 5.75 Å². The van der Waals surface area contributed by atoms with Crippen molar-refractivity contribution in [1.29, 1.82) is 0 Å². The van der Waals surface area contributed by atoms with Gasteiger partial charge in [0.15, 0.2) is 11.6 Å². The van der Waals surface area contributed by atoms with Gasteiger partial charge in [0.1, 0.15) is 0 Å². The Morgan fingerprint density at radius 1 is 1.41 bits per heavy atom. The first-order valence-corrected chi connectivity index (χ1v) is 7.00. The minimum Gasteiger partial charge on any atom is -0.494 e. The Balaban J connectivity index is 2.63. The lowest BCUT2D eigenvalue weighted by atomic mass is 10.1. The van der Waals surface area contributed by atoms with E-state index in [0.29, 0.717) is 18.7 Å². The second-order valence-electron chi connectivity index (χ2n) is 4.91. The zero-order valence-corrected chi connectivity index (χ0v) is 13.3. The third kappa shape index (κ3) is 5.00. The largest absolute Gasteiger partial charge is 0.494 e. The molecule has 0 bridgehead atoms. The van der Waals surface area contributed by atoms with Crippen molar-refractivity contribution in [3.63, 3.8) is 0 Å². The Bertz CT molecular complexity index is 537. The maximum atomic E-state index is 13.6. The Morgan fingerprint density at radius 3 is 2.64 bits per heavy atom. The van der Waals surface area contributed by atoms with Crippen molar-refractivity contribution in [3.05, 3.63) is 29.6 Å². The number of methoxy groups -OCH3 is 1. The average Bonchev–Trinajstić information content (AvgIpc) is 2.46. The molecule has 7 heteroatoms. The summed E-state index contributed by atoms with van der Waals surface area (Å²) in [6, 6.07) is 3.57. The zero-order chi connectivity index (χ0) is 16.7. The summed E-state index contributed by atoms with van der Waals surface area (Å²) in [5, 5.41) is 4.74. The Morgan fingerprint density at radius 2 is 2.09 bits per heavy atom. The number of hydrogen-bond donors (Lipinski definition) is 2. The van der Waals surface area contributed by atoms with E-state index < -0.39 is 23.8 Å². The molecule has 1 aromatic carbocycles. The van der Waals surface area contributed by atoms with Crippen molar-refractivity contribution in [2.45, 2.75) is 26.4 Å². The fraction of sp³-hybridized carbons (Fsp3) is 0.467. The molecule has 0 aliphatic rings. The molecule has 0 spiro atoms. The first kappa shape index (κ1) is 17.9. The van der Waals surface area contributed by atoms with Gasteiger partial charge in [-0.1, -0.05) is 6.07 Å². The number of carbonyl (C=O) groups excluding carboxylic acids is 2. The van der Waals surface area contributed by atoms with E-state index >= 15 is 0 Å². The molecule has 1 atom stereocenters. The van der Waals surface area contributed by atoms with Crippen molar-refractivity contribution in [2.24, 2.45) is 0 Å². The highest BCUT2D eigenvalue weighted by Gasteiger charge is 2.20. The number of urea groups is 1. The third-order valence-electron chi connectivity index (χ3n) is 3.26. The zero-order valence-electron chi connectivity index (χ0n) is 13.3. The molecule has 0 saturated carbocycles. The third-order valence-corrected chi connectivity index (χ3v) is 3.26. The summed E-state index contributed by atoms with van der Waals surface area (Å²) >= 11 is 0. The average molecular weight is 311 g/mol. The smallest absolute Gasteiger partial charge is 0.321 e. The van der Waals surface area contributed by atoms with Gasteiger partial charge in [-0.15, -0.1) is 0 Å². The van der Waals surface area contributed by atoms with Crippen molar-refractivity contribution < 1.29 is 18.7 Å². The van der Waals surface area contributed by atoms with Crippen molar-refractivity contribution >= 4 is 11.9 Å². The topological polar surface area (TPSA) is 70.7 Å². The number of hydrogen-bond acceptors (Lipinski definition) is 4. The van der Waals surface area contributed by atoms with Crippen LogP contribution in [0.1, 0.15) is 19.4 Å². The summed E-state index contributed by atoms with van der Waals surface area (Å²) in [4.78, 5) is 25.0. The fourth-order valence-electron chi connectivity index (χ4n) is 1.85. The number of benzene rings is 1. The van der Waals surface area contributed by atoms with E-state index in [1.807, 2.05) is 0 Å². The standard InChI is InChI=1S/C15H22FN3O3/c1-5-17-15(21)18-14(20)10(2)19(3)9-11-6-7-13(22-4)12(16)8-11/h6-8,10H,5,9H2,1-4H3,(H2,17,18,20,21). The molecule has 1 unspecified atom stereocenters. The van der Waals surface area contributed by atoms with Gasteiger partial charge in [0.2, 0.25) is 5.91 Å². The molecule has 1 rings (SSSR count). The van der Waals surface area contributed by atoms with Crippen LogP contribution in [0, 0.1) is 5.82 Å². The monoisotopic (exact) mass is 311 g/mol. The summed E-state index contributed by atoms with van der Waals surface area (Å²) in [5.41, 5.74) is 0.707. The maximum Gasteiger partial charge on any atom is 0.321 e. The lowest BCUT2D eigenvalue weighted by Crippen LogP contribution is -2.48. The fourth-order valence-corrected chi connectivity index (χ4v) is 1.85. The molecule has 0 aliphatic heterocycles. The van der Waals surface area contributed by atoms with E-state index in [1.54, 1.807) is 31.9 Å². The van der Waals surface area contributed by atoms with Gasteiger partial charge in [-0.05, 0) is 38.6 Å². The second-order valence-corrected chi connectivity index (χ2v) is 4.91. The predicted octanol–water partition coefficient (Wildman–Crippen LogP) is 1.50. The van der Waals surface area contributed by atoms with Crippen LogP contribution in [0.15, 0.2) is 18.2 Å². The molecule has 22 heavy (non-hydrogen) atoms. The van der Waals surface area contributed by atoms with E-state index in [0.717, 1.165) is 0 Å². The van der Waals surface area contributed by atoms with E-state index in [4.69, 9.17) is 4.74 Å². The Labute approximate surface area is 129 Å². The number of halogens is 1. The number of carbonyl (C=O) groups is 2. The molecular formula is C15H22FN3O3. The van der Waals surface area contributed by atoms with Crippen LogP contribution in [0.4, 0.5) is 9.18 Å². The number of imide groups is 1. The van der Waals surface area contributed by atoms with Gasteiger partial charge in [-0.25, -0.2) is 9.18 Å². The molecule has 0 fully saturated rings. The minimum absolute atomic E-state index is 0.174.